The molecule has 2 aromatic carbocycles. The van der Waals surface area contributed by atoms with E-state index in [0.29, 0.717) is 11.6 Å². The minimum absolute atomic E-state index is 0.0305. The van der Waals surface area contributed by atoms with E-state index >= 15 is 0 Å². The van der Waals surface area contributed by atoms with Crippen molar-refractivity contribution in [2.45, 2.75) is 13.5 Å². The lowest BCUT2D eigenvalue weighted by Crippen LogP contribution is -2.41. The van der Waals surface area contributed by atoms with E-state index in [1.165, 1.54) is 7.05 Å². The van der Waals surface area contributed by atoms with Gasteiger partial charge in [-0.15, -0.1) is 0 Å². The Morgan fingerprint density at radius 3 is 2.65 bits per heavy atom. The molecule has 0 radical (unpaired) electrons. The first kappa shape index (κ1) is 19.8. The largest absolute Gasteiger partial charge is 0.352 e. The lowest BCUT2D eigenvalue weighted by Gasteiger charge is -2.13. The first-order valence-electron chi connectivity index (χ1n) is 7.83. The molecule has 138 valence electrons. The summed E-state index contributed by atoms with van der Waals surface area (Å²) in [5.41, 5.74) is 1.81. The van der Waals surface area contributed by atoms with Gasteiger partial charge in [0.25, 0.3) is 0 Å². The summed E-state index contributed by atoms with van der Waals surface area (Å²) in [4.78, 5) is 16.0. The molecule has 0 bridgehead atoms. The van der Waals surface area contributed by atoms with Crippen LogP contribution in [0, 0.1) is 18.6 Å². The van der Waals surface area contributed by atoms with E-state index in [-0.39, 0.29) is 24.6 Å². The highest BCUT2D eigenvalue weighted by Crippen LogP contribution is 2.20. The number of hydrogen-bond donors (Lipinski definition) is 3. The van der Waals surface area contributed by atoms with Crippen LogP contribution in [-0.4, -0.2) is 25.5 Å². The predicted octanol–water partition coefficient (Wildman–Crippen LogP) is 3.34. The highest BCUT2D eigenvalue weighted by molar-refractivity contribution is 9.10. The summed E-state index contributed by atoms with van der Waals surface area (Å²) in [5, 5.41) is 8.46. The number of anilines is 1. The van der Waals surface area contributed by atoms with Crippen molar-refractivity contribution in [2.75, 3.05) is 18.9 Å². The molecule has 0 aliphatic rings. The van der Waals surface area contributed by atoms with Crippen LogP contribution in [0.2, 0.25) is 0 Å². The molecule has 8 heteroatoms. The lowest BCUT2D eigenvalue weighted by molar-refractivity contribution is -0.115. The summed E-state index contributed by atoms with van der Waals surface area (Å²) in [5.74, 6) is -0.993. The second kappa shape index (κ2) is 9.28. The molecule has 0 atom stereocenters. The highest BCUT2D eigenvalue weighted by Gasteiger charge is 2.08. The molecule has 0 heterocycles. The smallest absolute Gasteiger partial charge is 0.243 e. The van der Waals surface area contributed by atoms with E-state index in [9.17, 15) is 13.6 Å². The fourth-order valence-electron chi connectivity index (χ4n) is 2.17. The topological polar surface area (TPSA) is 65.5 Å². The van der Waals surface area contributed by atoms with E-state index in [0.717, 1.165) is 28.2 Å². The fourth-order valence-corrected chi connectivity index (χ4v) is 2.53. The van der Waals surface area contributed by atoms with Gasteiger partial charge in [-0.2, -0.15) is 0 Å². The zero-order valence-electron chi connectivity index (χ0n) is 14.4. The number of rotatable bonds is 5. The van der Waals surface area contributed by atoms with Crippen LogP contribution in [0.1, 0.15) is 11.1 Å². The molecule has 0 fully saturated rings. The molecule has 0 saturated carbocycles. The summed E-state index contributed by atoms with van der Waals surface area (Å²) in [7, 11) is 1.52. The molecular weight excluding hydrogens is 406 g/mol. The van der Waals surface area contributed by atoms with Crippen LogP contribution >= 0.6 is 15.9 Å². The summed E-state index contributed by atoms with van der Waals surface area (Å²) in [6.07, 6.45) is 0. The zero-order chi connectivity index (χ0) is 19.1. The Balaban J connectivity index is 1.87. The van der Waals surface area contributed by atoms with Gasteiger partial charge < -0.3 is 16.0 Å². The van der Waals surface area contributed by atoms with Crippen molar-refractivity contribution in [3.8, 4) is 0 Å². The summed E-state index contributed by atoms with van der Waals surface area (Å²) in [6.45, 7) is 1.90. The quantitative estimate of drug-likeness (QED) is 0.509. The van der Waals surface area contributed by atoms with Gasteiger partial charge in [-0.05, 0) is 42.8 Å². The Bertz CT molecular complexity index is 827. The van der Waals surface area contributed by atoms with Crippen molar-refractivity contribution in [3.63, 3.8) is 0 Å². The predicted molar refractivity (Wildman–Crippen MR) is 102 cm³/mol. The molecular formula is C18H19BrF2N4O. The summed E-state index contributed by atoms with van der Waals surface area (Å²) in [6, 6.07) is 8.82. The van der Waals surface area contributed by atoms with Gasteiger partial charge in [-0.1, -0.05) is 22.0 Å². The molecule has 0 unspecified atom stereocenters. The van der Waals surface area contributed by atoms with Crippen LogP contribution in [0.3, 0.4) is 0 Å². The van der Waals surface area contributed by atoms with Gasteiger partial charge in [0, 0.05) is 29.3 Å². The molecule has 2 aromatic rings. The van der Waals surface area contributed by atoms with Gasteiger partial charge in [0.15, 0.2) is 5.96 Å². The molecule has 3 N–H and O–H groups in total. The highest BCUT2D eigenvalue weighted by atomic mass is 79.9. The van der Waals surface area contributed by atoms with Gasteiger partial charge in [0.2, 0.25) is 5.91 Å². The Morgan fingerprint density at radius 2 is 1.92 bits per heavy atom. The number of aliphatic imine (C=N–C) groups is 1. The van der Waals surface area contributed by atoms with Gasteiger partial charge in [0.1, 0.15) is 11.6 Å². The average Bonchev–Trinajstić information content (AvgIpc) is 2.61. The third-order valence-electron chi connectivity index (χ3n) is 3.57. The van der Waals surface area contributed by atoms with Crippen LogP contribution < -0.4 is 16.0 Å². The number of guanidine groups is 1. The number of aryl methyl sites for hydroxylation is 1. The molecule has 0 aromatic heterocycles. The van der Waals surface area contributed by atoms with Crippen LogP contribution in [0.25, 0.3) is 0 Å². The first-order valence-corrected chi connectivity index (χ1v) is 8.63. The zero-order valence-corrected chi connectivity index (χ0v) is 16.0. The molecule has 2 rings (SSSR count). The first-order chi connectivity index (χ1) is 12.4. The van der Waals surface area contributed by atoms with Crippen LogP contribution in [0.4, 0.5) is 14.5 Å². The standard InChI is InChI=1S/C18H19BrF2N4O/c1-11-3-4-13(19)8-16(11)25-17(26)10-24-18(22-2)23-9-12-7-14(20)5-6-15(12)21/h3-8H,9-10H2,1-2H3,(H,25,26)(H2,22,23,24). The van der Waals surface area contributed by atoms with Crippen LogP contribution in [-0.2, 0) is 11.3 Å². The molecule has 0 spiro atoms. The van der Waals surface area contributed by atoms with Crippen LogP contribution in [0.15, 0.2) is 45.9 Å². The van der Waals surface area contributed by atoms with Gasteiger partial charge >= 0.3 is 0 Å². The number of nitrogens with zero attached hydrogens (tertiary/aromatic N) is 1. The van der Waals surface area contributed by atoms with Gasteiger partial charge in [0.05, 0.1) is 6.54 Å². The Morgan fingerprint density at radius 1 is 1.15 bits per heavy atom. The maximum atomic E-state index is 13.6. The second-order valence-corrected chi connectivity index (χ2v) is 6.44. The van der Waals surface area contributed by atoms with E-state index in [4.69, 9.17) is 0 Å². The van der Waals surface area contributed by atoms with E-state index in [1.54, 1.807) is 0 Å². The van der Waals surface area contributed by atoms with E-state index in [2.05, 4.69) is 36.9 Å². The Labute approximate surface area is 159 Å². The number of benzene rings is 2. The monoisotopic (exact) mass is 424 g/mol. The fraction of sp³-hybridized carbons (Fsp3) is 0.222. The molecule has 0 aliphatic carbocycles. The maximum absolute atomic E-state index is 13.6. The molecule has 5 nitrogen and oxygen atoms in total. The van der Waals surface area contributed by atoms with Crippen molar-refractivity contribution in [1.29, 1.82) is 0 Å². The second-order valence-electron chi connectivity index (χ2n) is 5.52. The third kappa shape index (κ3) is 5.80. The number of amides is 1. The third-order valence-corrected chi connectivity index (χ3v) is 4.06. The molecule has 0 saturated heterocycles. The average molecular weight is 425 g/mol. The lowest BCUT2D eigenvalue weighted by atomic mass is 10.2. The molecule has 1 amide bonds. The summed E-state index contributed by atoms with van der Waals surface area (Å²) >= 11 is 3.36. The number of hydrogen-bond acceptors (Lipinski definition) is 2. The van der Waals surface area contributed by atoms with Crippen molar-refractivity contribution in [3.05, 3.63) is 63.6 Å². The van der Waals surface area contributed by atoms with Crippen molar-refractivity contribution < 1.29 is 13.6 Å². The molecule has 0 aliphatic heterocycles. The maximum Gasteiger partial charge on any atom is 0.243 e. The van der Waals surface area contributed by atoms with Gasteiger partial charge in [-0.3, -0.25) is 9.79 Å². The number of nitrogens with one attached hydrogen (secondary N) is 3. The minimum Gasteiger partial charge on any atom is -0.352 e. The SMILES string of the molecule is CN=C(NCC(=O)Nc1cc(Br)ccc1C)NCc1cc(F)ccc1F. The van der Waals surface area contributed by atoms with Crippen molar-refractivity contribution >= 4 is 33.5 Å². The minimum atomic E-state index is -0.519. The van der Waals surface area contributed by atoms with E-state index in [1.807, 2.05) is 25.1 Å². The number of carbonyl (C=O) groups excluding carboxylic acids is 1. The number of carbonyl (C=O) groups is 1. The van der Waals surface area contributed by atoms with Crippen molar-refractivity contribution in [1.82, 2.24) is 10.6 Å². The van der Waals surface area contributed by atoms with Gasteiger partial charge in [-0.25, -0.2) is 8.78 Å². The molecule has 26 heavy (non-hydrogen) atoms. The Kier molecular flexibility index (Phi) is 7.08. The normalized spacial score (nSPS) is 11.2. The van der Waals surface area contributed by atoms with Crippen LogP contribution in [0.5, 0.6) is 0 Å². The number of halogens is 3. The Hall–Kier alpha value is -2.48. The van der Waals surface area contributed by atoms with Crippen molar-refractivity contribution in [2.24, 2.45) is 4.99 Å². The van der Waals surface area contributed by atoms with E-state index < -0.39 is 11.6 Å². The summed E-state index contributed by atoms with van der Waals surface area (Å²) < 4.78 is 27.7.